The number of piperazine rings is 1. The molecule has 21 heteroatoms. The Morgan fingerprint density at radius 3 is 2.43 bits per heavy atom. The Bertz CT molecular complexity index is 3100. The Morgan fingerprint density at radius 1 is 0.902 bits per heavy atom. The summed E-state index contributed by atoms with van der Waals surface area (Å²) in [6, 6.07) is 22.7. The summed E-state index contributed by atoms with van der Waals surface area (Å²) in [7, 11) is 2.04. The highest BCUT2D eigenvalue weighted by Gasteiger charge is 2.45. The summed E-state index contributed by atoms with van der Waals surface area (Å²) in [6.07, 6.45) is 2.07. The minimum absolute atomic E-state index is 0.0320. The Kier molecular flexibility index (Phi) is 19.5. The normalized spacial score (nSPS) is 21.0. The molecular formula is C61H77N11O9S. The predicted octanol–water partition coefficient (Wildman–Crippen LogP) is 5.61. The van der Waals surface area contributed by atoms with E-state index >= 15 is 0 Å². The number of amides is 4. The van der Waals surface area contributed by atoms with Gasteiger partial charge in [-0.15, -0.1) is 11.3 Å². The van der Waals surface area contributed by atoms with Crippen LogP contribution in [0.3, 0.4) is 0 Å². The summed E-state index contributed by atoms with van der Waals surface area (Å²) in [5, 5.41) is 28.6. The van der Waals surface area contributed by atoms with Gasteiger partial charge >= 0.3 is 6.01 Å². The number of aliphatic hydroxyl groups excluding tert-OH is 1. The second kappa shape index (κ2) is 26.9. The van der Waals surface area contributed by atoms with Gasteiger partial charge in [-0.2, -0.15) is 15.2 Å². The fourth-order valence-corrected chi connectivity index (χ4v) is 12.3. The third kappa shape index (κ3) is 14.2. The van der Waals surface area contributed by atoms with Gasteiger partial charge < -0.3 is 54.3 Å². The molecule has 436 valence electrons. The maximum Gasteiger partial charge on any atom is 0.318 e. The van der Waals surface area contributed by atoms with Gasteiger partial charge in [-0.25, -0.2) is 4.98 Å². The van der Waals surface area contributed by atoms with E-state index in [2.05, 4.69) is 85.4 Å². The summed E-state index contributed by atoms with van der Waals surface area (Å²) < 4.78 is 24.2. The van der Waals surface area contributed by atoms with Crippen LogP contribution in [0.15, 0.2) is 84.9 Å². The van der Waals surface area contributed by atoms with Crippen molar-refractivity contribution >= 4 is 57.2 Å². The molecule has 4 amide bonds. The molecule has 2 aromatic heterocycles. The number of aryl methyl sites for hydroxylation is 1. The topological polar surface area (TPSA) is 228 Å². The van der Waals surface area contributed by atoms with Crippen molar-refractivity contribution in [1.82, 2.24) is 40.3 Å². The number of nitriles is 1. The van der Waals surface area contributed by atoms with Crippen LogP contribution in [-0.4, -0.2) is 181 Å². The van der Waals surface area contributed by atoms with E-state index in [0.717, 1.165) is 57.4 Å². The highest BCUT2D eigenvalue weighted by Crippen LogP contribution is 2.36. The van der Waals surface area contributed by atoms with Crippen molar-refractivity contribution in [3.63, 3.8) is 0 Å². The van der Waals surface area contributed by atoms with Gasteiger partial charge in [0.2, 0.25) is 23.6 Å². The number of hydrogen-bond acceptors (Lipinski definition) is 17. The monoisotopic (exact) mass is 1140 g/mol. The zero-order chi connectivity index (χ0) is 58.1. The second-order valence-electron chi connectivity index (χ2n) is 22.8. The lowest BCUT2D eigenvalue weighted by atomic mass is 9.85. The van der Waals surface area contributed by atoms with Gasteiger partial charge in [0.05, 0.1) is 91.5 Å². The number of β-amino-alcohol motifs (C(OH)–C–C–N with tert-alkyl or cyclic N) is 1. The maximum atomic E-state index is 14.2. The molecule has 3 aromatic carbocycles. The first-order valence-corrected chi connectivity index (χ1v) is 29.2. The van der Waals surface area contributed by atoms with E-state index in [-0.39, 0.29) is 81.3 Å². The van der Waals surface area contributed by atoms with Crippen molar-refractivity contribution in [3.8, 4) is 22.5 Å². The first-order chi connectivity index (χ1) is 39.5. The van der Waals surface area contributed by atoms with Crippen LogP contribution < -0.4 is 25.2 Å². The van der Waals surface area contributed by atoms with Crippen molar-refractivity contribution in [1.29, 1.82) is 5.26 Å². The molecule has 0 aliphatic carbocycles. The van der Waals surface area contributed by atoms with Crippen molar-refractivity contribution < 1.29 is 43.2 Å². The van der Waals surface area contributed by atoms with Gasteiger partial charge in [0.15, 0.2) is 0 Å². The number of thiazole rings is 1. The number of aromatic nitrogens is 3. The molecule has 5 aromatic rings. The SMILES string of the molecule is C=CC(=O)N1CCN(c2nc(OC[C@@H]3C[C@@H](OCCOCCOCC(=O)NC(C(=O)N4C[C@H](O)C[C@H]4C(=O)N[C@@H](C)c4ccc(-c5scnc5C)cc4)C(C)(C)C)CN3C)nc3c2CCN(c2cccc4ccccc24)C3)CC1CC#N. The molecule has 0 bridgehead atoms. The predicted molar refractivity (Wildman–Crippen MR) is 313 cm³/mol. The van der Waals surface area contributed by atoms with Crippen molar-refractivity contribution in [2.24, 2.45) is 5.41 Å². The summed E-state index contributed by atoms with van der Waals surface area (Å²) >= 11 is 1.57. The number of rotatable bonds is 22. The highest BCUT2D eigenvalue weighted by molar-refractivity contribution is 7.13. The molecule has 20 nitrogen and oxygen atoms in total. The number of nitrogens with one attached hydrogen (secondary N) is 2. The number of ether oxygens (including phenoxy) is 4. The number of carbonyl (C=O) groups excluding carboxylic acids is 4. The van der Waals surface area contributed by atoms with Gasteiger partial charge in [-0.3, -0.25) is 24.1 Å². The molecule has 82 heavy (non-hydrogen) atoms. The largest absolute Gasteiger partial charge is 0.462 e. The zero-order valence-electron chi connectivity index (χ0n) is 47.9. The fourth-order valence-electron chi connectivity index (χ4n) is 11.5. The van der Waals surface area contributed by atoms with Gasteiger partial charge in [0.1, 0.15) is 31.1 Å². The van der Waals surface area contributed by atoms with Gasteiger partial charge in [-0.05, 0) is 67.8 Å². The molecular weight excluding hydrogens is 1060 g/mol. The number of likely N-dealkylation sites (tertiary alicyclic amines) is 2. The van der Waals surface area contributed by atoms with Crippen LogP contribution in [0.5, 0.6) is 6.01 Å². The average Bonchev–Trinajstić information content (AvgIpc) is 3.86. The molecule has 0 spiro atoms. The number of likely N-dealkylation sites (N-methyl/N-ethyl adjacent to an activating group) is 1. The van der Waals surface area contributed by atoms with E-state index in [1.807, 2.05) is 71.4 Å². The number of hydrogen-bond donors (Lipinski definition) is 3. The second-order valence-corrected chi connectivity index (χ2v) is 23.7. The molecule has 7 atom stereocenters. The third-order valence-electron chi connectivity index (χ3n) is 16.0. The van der Waals surface area contributed by atoms with E-state index in [0.29, 0.717) is 59.0 Å². The smallest absolute Gasteiger partial charge is 0.318 e. The van der Waals surface area contributed by atoms with Gasteiger partial charge in [0.25, 0.3) is 0 Å². The minimum atomic E-state index is -0.990. The molecule has 2 unspecified atom stereocenters. The lowest BCUT2D eigenvalue weighted by Gasteiger charge is -2.42. The Labute approximate surface area is 484 Å². The van der Waals surface area contributed by atoms with E-state index in [1.54, 1.807) is 16.2 Å². The van der Waals surface area contributed by atoms with Crippen molar-refractivity contribution in [2.75, 3.05) is 95.8 Å². The van der Waals surface area contributed by atoms with Crippen LogP contribution >= 0.6 is 11.3 Å². The quantitative estimate of drug-likeness (QED) is 0.0565. The molecule has 4 aliphatic rings. The summed E-state index contributed by atoms with van der Waals surface area (Å²) in [5.74, 6) is -0.724. The van der Waals surface area contributed by atoms with Crippen LogP contribution in [0.2, 0.25) is 0 Å². The van der Waals surface area contributed by atoms with Crippen molar-refractivity contribution in [3.05, 3.63) is 107 Å². The number of anilines is 2. The maximum absolute atomic E-state index is 14.2. The zero-order valence-corrected chi connectivity index (χ0v) is 48.7. The Morgan fingerprint density at radius 2 is 1.67 bits per heavy atom. The summed E-state index contributed by atoms with van der Waals surface area (Å²) in [5.41, 5.74) is 7.07. The lowest BCUT2D eigenvalue weighted by molar-refractivity contribution is -0.144. The molecule has 4 aliphatic heterocycles. The number of fused-ring (bicyclic) bond motifs is 2. The summed E-state index contributed by atoms with van der Waals surface area (Å²) in [4.78, 5) is 79.3. The van der Waals surface area contributed by atoms with Gasteiger partial charge in [-0.1, -0.05) is 88.0 Å². The Hall–Kier alpha value is -7.06. The van der Waals surface area contributed by atoms with Crippen LogP contribution in [0.1, 0.15) is 75.5 Å². The highest BCUT2D eigenvalue weighted by atomic mass is 32.1. The molecule has 0 radical (unpaired) electrons. The van der Waals surface area contributed by atoms with Crippen LogP contribution in [0.4, 0.5) is 11.5 Å². The summed E-state index contributed by atoms with van der Waals surface area (Å²) in [6.45, 7) is 17.6. The first kappa shape index (κ1) is 59.6. The number of aliphatic hydroxyl groups is 1. The van der Waals surface area contributed by atoms with E-state index < -0.39 is 35.4 Å². The molecule has 3 fully saturated rings. The van der Waals surface area contributed by atoms with Crippen LogP contribution in [-0.2, 0) is 46.4 Å². The average molecular weight is 1140 g/mol. The van der Waals surface area contributed by atoms with E-state index in [9.17, 15) is 29.5 Å². The van der Waals surface area contributed by atoms with Crippen LogP contribution in [0.25, 0.3) is 21.2 Å². The molecule has 3 N–H and O–H groups in total. The molecule has 9 rings (SSSR count). The molecule has 3 saturated heterocycles. The minimum Gasteiger partial charge on any atom is -0.462 e. The number of benzene rings is 3. The molecule has 0 saturated carbocycles. The van der Waals surface area contributed by atoms with E-state index in [1.165, 1.54) is 21.7 Å². The fraction of sp³-hybridized carbons (Fsp3) is 0.508. The lowest BCUT2D eigenvalue weighted by Crippen LogP contribution is -2.58. The van der Waals surface area contributed by atoms with Crippen LogP contribution in [0, 0.1) is 23.7 Å². The van der Waals surface area contributed by atoms with E-state index in [4.69, 9.17) is 28.9 Å². The third-order valence-corrected chi connectivity index (χ3v) is 17.0. The Balaban J connectivity index is 0.719. The van der Waals surface area contributed by atoms with Crippen molar-refractivity contribution in [2.45, 2.75) is 109 Å². The van der Waals surface area contributed by atoms with Gasteiger partial charge in [0, 0.05) is 68.4 Å². The number of nitrogens with zero attached hydrogens (tertiary/aromatic N) is 9. The standard InChI is InChI=1S/C61H77N11O9S/c1-8-54(75)71-25-24-70(32-44(71)20-22-62)57-49-21-23-69(51-15-11-13-42-12-9-10-14-48(42)51)35-50(49)65-60(67-57)81-36-45-30-47(34-68(45)7)80-29-28-78-26-27-79-37-53(74)66-56(61(4,5)6)59(77)72-33-46(73)31-52(72)58(76)64-39(2)41-16-18-43(19-17-41)55-40(3)63-38-82-55/h8-19,38-39,44-47,52,56,73H,1,20-21,23-37H2,2-7H3,(H,64,76)(H,66,74)/t39-,44?,45-,46+,47+,52-,56?/m0/s1. The first-order valence-electron chi connectivity index (χ1n) is 28.4. The number of carbonyl (C=O) groups is 4. The molecule has 6 heterocycles.